The van der Waals surface area contributed by atoms with Crippen LogP contribution in [0.5, 0.6) is 0 Å². The third-order valence-corrected chi connectivity index (χ3v) is 6.73. The zero-order chi connectivity index (χ0) is 18.8. The molecule has 2 heterocycles. The number of hydrogen-bond donors (Lipinski definition) is 2. The molecule has 1 saturated carbocycles. The second kappa shape index (κ2) is 7.82. The van der Waals surface area contributed by atoms with Gasteiger partial charge in [0.25, 0.3) is 0 Å². The Kier molecular flexibility index (Phi) is 5.27. The van der Waals surface area contributed by atoms with Gasteiger partial charge in [-0.3, -0.25) is 0 Å². The molecular formula is C21H26N4OS. The molecule has 0 amide bonds. The van der Waals surface area contributed by atoms with Gasteiger partial charge in [0.15, 0.2) is 0 Å². The Labute approximate surface area is 163 Å². The molecule has 0 atom stereocenters. The summed E-state index contributed by atoms with van der Waals surface area (Å²) in [4.78, 5) is 12.3. The molecule has 0 spiro atoms. The third kappa shape index (κ3) is 3.51. The first-order chi connectivity index (χ1) is 13.2. The average Bonchev–Trinajstić information content (AvgIpc) is 3.09. The summed E-state index contributed by atoms with van der Waals surface area (Å²) in [5.41, 5.74) is 1.16. The van der Waals surface area contributed by atoms with Crippen molar-refractivity contribution in [3.05, 3.63) is 42.9 Å². The Morgan fingerprint density at radius 2 is 2.07 bits per heavy atom. The molecule has 1 aliphatic carbocycles. The second-order valence-corrected chi connectivity index (χ2v) is 8.30. The highest BCUT2D eigenvalue weighted by atomic mass is 32.1. The number of nitrogens with one attached hydrogen (secondary N) is 1. The number of benzene rings is 1. The van der Waals surface area contributed by atoms with Crippen molar-refractivity contribution in [3.63, 3.8) is 0 Å². The molecule has 2 N–H and O–H groups in total. The van der Waals surface area contributed by atoms with Gasteiger partial charge in [-0.05, 0) is 49.9 Å². The maximum absolute atomic E-state index is 9.45. The van der Waals surface area contributed by atoms with Crippen LogP contribution in [0.15, 0.2) is 37.3 Å². The van der Waals surface area contributed by atoms with Crippen LogP contribution in [-0.4, -0.2) is 45.7 Å². The lowest BCUT2D eigenvalue weighted by Crippen LogP contribution is -2.35. The van der Waals surface area contributed by atoms with E-state index in [1.165, 1.54) is 10.1 Å². The minimum atomic E-state index is 0.147. The summed E-state index contributed by atoms with van der Waals surface area (Å²) < 4.78 is 1.20. The van der Waals surface area contributed by atoms with E-state index in [-0.39, 0.29) is 6.61 Å². The smallest absolute Gasteiger partial charge is 0.139 e. The minimum absolute atomic E-state index is 0.147. The maximum Gasteiger partial charge on any atom is 0.139 e. The van der Waals surface area contributed by atoms with Crippen molar-refractivity contribution in [2.45, 2.75) is 44.2 Å². The molecule has 3 aromatic rings. The van der Waals surface area contributed by atoms with Crippen LogP contribution in [-0.2, 0) is 6.42 Å². The molecule has 1 aromatic carbocycles. The van der Waals surface area contributed by atoms with Gasteiger partial charge in [-0.15, -0.1) is 11.3 Å². The number of anilines is 1. The predicted molar refractivity (Wildman–Crippen MR) is 113 cm³/mol. The van der Waals surface area contributed by atoms with E-state index < -0.39 is 0 Å². The quantitative estimate of drug-likeness (QED) is 0.670. The van der Waals surface area contributed by atoms with Crippen molar-refractivity contribution in [1.82, 2.24) is 14.9 Å². The van der Waals surface area contributed by atoms with Crippen LogP contribution in [0.1, 0.15) is 31.2 Å². The second-order valence-electron chi connectivity index (χ2n) is 7.27. The summed E-state index contributed by atoms with van der Waals surface area (Å²) in [5.74, 6) is 0.928. The van der Waals surface area contributed by atoms with Crippen LogP contribution in [0.3, 0.4) is 0 Å². The first-order valence-electron chi connectivity index (χ1n) is 9.58. The van der Waals surface area contributed by atoms with E-state index in [0.29, 0.717) is 18.5 Å². The molecule has 142 valence electrons. The van der Waals surface area contributed by atoms with E-state index in [1.807, 2.05) is 6.20 Å². The molecule has 0 aliphatic heterocycles. The van der Waals surface area contributed by atoms with Gasteiger partial charge < -0.3 is 15.3 Å². The summed E-state index contributed by atoms with van der Waals surface area (Å²) in [5, 5.41) is 15.4. The van der Waals surface area contributed by atoms with E-state index >= 15 is 0 Å². The third-order valence-electron chi connectivity index (χ3n) is 5.66. The number of rotatable bonds is 6. The van der Waals surface area contributed by atoms with Crippen molar-refractivity contribution >= 4 is 37.5 Å². The number of nitrogens with zero attached hydrogens (tertiary/aromatic N) is 3. The summed E-state index contributed by atoms with van der Waals surface area (Å²) in [6.45, 7) is 4.03. The molecule has 1 fully saturated rings. The molecule has 6 heteroatoms. The van der Waals surface area contributed by atoms with E-state index in [4.69, 9.17) is 0 Å². The predicted octanol–water partition coefficient (Wildman–Crippen LogP) is 4.18. The van der Waals surface area contributed by atoms with E-state index in [1.54, 1.807) is 17.7 Å². The Bertz CT molecular complexity index is 946. The largest absolute Gasteiger partial charge is 0.396 e. The van der Waals surface area contributed by atoms with Gasteiger partial charge in [0, 0.05) is 35.8 Å². The number of hydrogen-bond acceptors (Lipinski definition) is 6. The summed E-state index contributed by atoms with van der Waals surface area (Å²) in [6, 6.07) is 7.29. The molecule has 0 bridgehead atoms. The minimum Gasteiger partial charge on any atom is -0.396 e. The lowest BCUT2D eigenvalue weighted by molar-refractivity contribution is 0.245. The lowest BCUT2D eigenvalue weighted by Gasteiger charge is -2.34. The Morgan fingerprint density at radius 1 is 1.26 bits per heavy atom. The number of aliphatic hydroxyl groups excluding tert-OH is 1. The van der Waals surface area contributed by atoms with Crippen LogP contribution in [0.25, 0.3) is 20.3 Å². The van der Waals surface area contributed by atoms with Crippen LogP contribution in [0.4, 0.5) is 5.82 Å². The first kappa shape index (κ1) is 18.2. The number of aromatic nitrogens is 2. The van der Waals surface area contributed by atoms with Crippen molar-refractivity contribution in [2.24, 2.45) is 0 Å². The van der Waals surface area contributed by atoms with Crippen LogP contribution >= 0.6 is 11.3 Å². The van der Waals surface area contributed by atoms with Crippen molar-refractivity contribution < 1.29 is 5.11 Å². The molecule has 0 saturated heterocycles. The number of fused-ring (bicyclic) bond motifs is 3. The molecule has 0 unspecified atom stereocenters. The fraction of sp³-hybridized carbons (Fsp3) is 0.429. The highest BCUT2D eigenvalue weighted by Gasteiger charge is 2.24. The summed E-state index contributed by atoms with van der Waals surface area (Å²) in [6.07, 6.45) is 8.80. The Morgan fingerprint density at radius 3 is 2.81 bits per heavy atom. The maximum atomic E-state index is 9.45. The topological polar surface area (TPSA) is 61.3 Å². The van der Waals surface area contributed by atoms with Gasteiger partial charge in [-0.2, -0.15) is 0 Å². The van der Waals surface area contributed by atoms with E-state index in [2.05, 4.69) is 52.0 Å². The van der Waals surface area contributed by atoms with Gasteiger partial charge in [-0.1, -0.05) is 18.7 Å². The molecule has 27 heavy (non-hydrogen) atoms. The zero-order valence-corrected chi connectivity index (χ0v) is 16.5. The highest BCUT2D eigenvalue weighted by Crippen LogP contribution is 2.39. The molecular weight excluding hydrogens is 356 g/mol. The standard InChI is InChI=1S/C21H26N4OS/c1-3-25(2)16-9-7-15(8-10-16)24-20-19-18-14(11-12-26)5-4-6-17(18)27-21(19)23-13-22-20/h3-6,13,15-16,26H,1,7-12H2,2H3,(H,22,23,24). The average molecular weight is 383 g/mol. The van der Waals surface area contributed by atoms with Gasteiger partial charge in [0.2, 0.25) is 0 Å². The first-order valence-corrected chi connectivity index (χ1v) is 10.4. The van der Waals surface area contributed by atoms with Crippen LogP contribution in [0, 0.1) is 0 Å². The van der Waals surface area contributed by atoms with Crippen LogP contribution < -0.4 is 5.32 Å². The van der Waals surface area contributed by atoms with Crippen molar-refractivity contribution in [3.8, 4) is 0 Å². The summed E-state index contributed by atoms with van der Waals surface area (Å²) in [7, 11) is 2.11. The molecule has 0 radical (unpaired) electrons. The van der Waals surface area contributed by atoms with Crippen LogP contribution in [0.2, 0.25) is 0 Å². The highest BCUT2D eigenvalue weighted by molar-refractivity contribution is 7.25. The van der Waals surface area contributed by atoms with Gasteiger partial charge in [-0.25, -0.2) is 9.97 Å². The number of thiophene rings is 1. The van der Waals surface area contributed by atoms with Gasteiger partial charge >= 0.3 is 0 Å². The fourth-order valence-corrected chi connectivity index (χ4v) is 5.22. The lowest BCUT2D eigenvalue weighted by atomic mass is 9.90. The normalized spacial score (nSPS) is 20.1. The Balaban J connectivity index is 1.64. The zero-order valence-electron chi connectivity index (χ0n) is 15.7. The molecule has 4 rings (SSSR count). The molecule has 2 aromatic heterocycles. The SMILES string of the molecule is C=CN(C)C1CCC(Nc2ncnc3sc4cccc(CCO)c4c23)CC1. The van der Waals surface area contributed by atoms with Crippen molar-refractivity contribution in [2.75, 3.05) is 19.0 Å². The van der Waals surface area contributed by atoms with Crippen molar-refractivity contribution in [1.29, 1.82) is 0 Å². The Hall–Kier alpha value is -2.18. The monoisotopic (exact) mass is 382 g/mol. The summed E-state index contributed by atoms with van der Waals surface area (Å²) >= 11 is 1.69. The fourth-order valence-electron chi connectivity index (χ4n) is 4.13. The van der Waals surface area contributed by atoms with E-state index in [0.717, 1.165) is 47.3 Å². The number of aliphatic hydroxyl groups is 1. The molecule has 1 aliphatic rings. The van der Waals surface area contributed by atoms with Gasteiger partial charge in [0.05, 0.1) is 5.39 Å². The van der Waals surface area contributed by atoms with Gasteiger partial charge in [0.1, 0.15) is 17.0 Å². The van der Waals surface area contributed by atoms with E-state index in [9.17, 15) is 5.11 Å². The molecule has 5 nitrogen and oxygen atoms in total.